The van der Waals surface area contributed by atoms with Crippen molar-refractivity contribution >= 4 is 11.7 Å². The number of carbonyl (C=O) groups is 1. The third-order valence-electron chi connectivity index (χ3n) is 6.98. The van der Waals surface area contributed by atoms with E-state index in [-0.39, 0.29) is 53.8 Å². The molecule has 10 nitrogen and oxygen atoms in total. The number of amides is 2. The summed E-state index contributed by atoms with van der Waals surface area (Å²) in [5.74, 6) is -0.886. The van der Waals surface area contributed by atoms with Crippen LogP contribution in [-0.4, -0.2) is 82.7 Å². The molecule has 1 saturated heterocycles. The summed E-state index contributed by atoms with van der Waals surface area (Å²) in [6.45, 7) is 2.52. The second kappa shape index (κ2) is 12.2. The van der Waals surface area contributed by atoms with Gasteiger partial charge < -0.3 is 28.8 Å². The summed E-state index contributed by atoms with van der Waals surface area (Å²) in [4.78, 5) is 26.0. The molecule has 3 aromatic rings. The highest BCUT2D eigenvalue weighted by Crippen LogP contribution is 2.41. The molecular weight excluding hydrogens is 574 g/mol. The lowest BCUT2D eigenvalue weighted by atomic mass is 9.91. The first kappa shape index (κ1) is 31.1. The number of aromatic nitrogens is 4. The zero-order valence-electron chi connectivity index (χ0n) is 23.2. The molecule has 1 fully saturated rings. The van der Waals surface area contributed by atoms with Crippen LogP contribution in [0.4, 0.5) is 31.1 Å². The summed E-state index contributed by atoms with van der Waals surface area (Å²) < 4.78 is 103. The Morgan fingerprint density at radius 1 is 1.12 bits per heavy atom. The van der Waals surface area contributed by atoms with Crippen molar-refractivity contribution in [2.75, 3.05) is 34.0 Å². The fourth-order valence-electron chi connectivity index (χ4n) is 5.01. The van der Waals surface area contributed by atoms with E-state index < -0.39 is 48.6 Å². The Balaban J connectivity index is 1.76. The molecule has 0 aromatic carbocycles. The molecule has 2 atom stereocenters. The minimum absolute atomic E-state index is 0.0000773. The number of nitrogens with one attached hydrogen (secondary N) is 1. The minimum Gasteiger partial charge on any atom is -0.494 e. The van der Waals surface area contributed by atoms with E-state index in [1.807, 2.05) is 5.32 Å². The highest BCUT2D eigenvalue weighted by molar-refractivity contribution is 5.76. The van der Waals surface area contributed by atoms with Crippen molar-refractivity contribution in [2.24, 2.45) is 5.92 Å². The van der Waals surface area contributed by atoms with Gasteiger partial charge in [-0.05, 0) is 38.7 Å². The fourth-order valence-corrected chi connectivity index (χ4v) is 5.01. The molecule has 0 aliphatic carbocycles. The lowest BCUT2D eigenvalue weighted by Crippen LogP contribution is -2.56. The van der Waals surface area contributed by atoms with E-state index in [4.69, 9.17) is 14.2 Å². The molecule has 4 heterocycles. The third kappa shape index (κ3) is 6.47. The van der Waals surface area contributed by atoms with E-state index in [0.29, 0.717) is 11.3 Å². The zero-order valence-corrected chi connectivity index (χ0v) is 23.2. The largest absolute Gasteiger partial charge is 0.494 e. The van der Waals surface area contributed by atoms with E-state index in [1.54, 1.807) is 17.5 Å². The first-order valence-corrected chi connectivity index (χ1v) is 13.0. The molecule has 42 heavy (non-hydrogen) atoms. The third-order valence-corrected chi connectivity index (χ3v) is 6.98. The van der Waals surface area contributed by atoms with Gasteiger partial charge in [-0.2, -0.15) is 26.3 Å². The van der Waals surface area contributed by atoms with Gasteiger partial charge in [0.2, 0.25) is 5.65 Å². The van der Waals surface area contributed by atoms with E-state index in [0.717, 1.165) is 12.3 Å². The van der Waals surface area contributed by atoms with Crippen LogP contribution >= 0.6 is 0 Å². The predicted molar refractivity (Wildman–Crippen MR) is 137 cm³/mol. The van der Waals surface area contributed by atoms with Gasteiger partial charge in [0.25, 0.3) is 5.88 Å². The Hall–Kier alpha value is -3.82. The number of aryl methyl sites for hydroxylation is 1. The van der Waals surface area contributed by atoms with Crippen molar-refractivity contribution < 1.29 is 45.3 Å². The lowest BCUT2D eigenvalue weighted by Gasteiger charge is -2.36. The Bertz CT molecular complexity index is 1410. The standard InChI is InChI=1S/C26H30F6N6O4/c1-5-38(24(39)36-20(25(27,28)29)15-6-8-42-9-7-15)21(26(30,31)32)17-10-16(19(40-3)11-33-17)18-13-37-12-14(2)34-22(37)23(35-18)41-4/h10-13,15,20-21H,5-9H2,1-4H3,(H,36,39)/t20?,21-/m0/s1. The molecule has 0 spiro atoms. The van der Waals surface area contributed by atoms with Crippen molar-refractivity contribution in [3.8, 4) is 22.9 Å². The van der Waals surface area contributed by atoms with Gasteiger partial charge in [0.1, 0.15) is 11.8 Å². The molecular formula is C26H30F6N6O4. The van der Waals surface area contributed by atoms with Gasteiger partial charge in [0, 0.05) is 37.7 Å². The molecule has 0 saturated carbocycles. The predicted octanol–water partition coefficient (Wildman–Crippen LogP) is 5.11. The van der Waals surface area contributed by atoms with Gasteiger partial charge in [-0.15, -0.1) is 0 Å². The number of imidazole rings is 1. The van der Waals surface area contributed by atoms with E-state index in [2.05, 4.69) is 15.0 Å². The topological polar surface area (TPSA) is 103 Å². The number of nitrogens with zero attached hydrogens (tertiary/aromatic N) is 5. The first-order valence-electron chi connectivity index (χ1n) is 13.0. The van der Waals surface area contributed by atoms with Crippen LogP contribution in [0.25, 0.3) is 16.9 Å². The Morgan fingerprint density at radius 2 is 1.81 bits per heavy atom. The smallest absolute Gasteiger partial charge is 0.414 e. The Kier molecular flexibility index (Phi) is 9.03. The average molecular weight is 605 g/mol. The number of rotatable bonds is 8. The fraction of sp³-hybridized carbons (Fsp3) is 0.538. The van der Waals surface area contributed by atoms with E-state index in [1.165, 1.54) is 27.3 Å². The van der Waals surface area contributed by atoms with Crippen molar-refractivity contribution in [1.82, 2.24) is 29.6 Å². The van der Waals surface area contributed by atoms with Gasteiger partial charge in [0.05, 0.1) is 37.5 Å². The lowest BCUT2D eigenvalue weighted by molar-refractivity contribution is -0.183. The summed E-state index contributed by atoms with van der Waals surface area (Å²) in [7, 11) is 2.65. The SMILES string of the molecule is CCN(C(=O)NC(C1CCOCC1)C(F)(F)F)[C@@H](c1cc(-c2cn3cc(C)nc3c(OC)n2)c(OC)cn1)C(F)(F)F. The molecule has 4 rings (SSSR count). The molecule has 2 amide bonds. The summed E-state index contributed by atoms with van der Waals surface area (Å²) in [6, 6.07) is -5.51. The second-order valence-electron chi connectivity index (χ2n) is 9.71. The number of hydrogen-bond donors (Lipinski definition) is 1. The number of halogens is 6. The van der Waals surface area contributed by atoms with Crippen molar-refractivity contribution in [3.05, 3.63) is 36.0 Å². The highest BCUT2D eigenvalue weighted by atomic mass is 19.4. The van der Waals surface area contributed by atoms with Crippen LogP contribution < -0.4 is 14.8 Å². The molecule has 0 radical (unpaired) electrons. The van der Waals surface area contributed by atoms with Crippen LogP contribution in [0.1, 0.15) is 37.2 Å². The molecule has 1 aliphatic rings. The molecule has 3 aromatic heterocycles. The number of methoxy groups -OCH3 is 2. The normalized spacial score (nSPS) is 16.2. The van der Waals surface area contributed by atoms with Gasteiger partial charge in [-0.3, -0.25) is 4.98 Å². The van der Waals surface area contributed by atoms with Crippen LogP contribution in [0, 0.1) is 12.8 Å². The van der Waals surface area contributed by atoms with Gasteiger partial charge in [-0.25, -0.2) is 14.8 Å². The number of pyridine rings is 1. The number of carbonyl (C=O) groups excluding carboxylic acids is 1. The summed E-state index contributed by atoms with van der Waals surface area (Å²) in [5.41, 5.74) is 0.581. The molecule has 1 N–H and O–H groups in total. The summed E-state index contributed by atoms with van der Waals surface area (Å²) >= 11 is 0. The maximum absolute atomic E-state index is 14.6. The Morgan fingerprint density at radius 3 is 2.38 bits per heavy atom. The van der Waals surface area contributed by atoms with Crippen molar-refractivity contribution in [2.45, 2.75) is 51.1 Å². The van der Waals surface area contributed by atoms with E-state index >= 15 is 0 Å². The molecule has 16 heteroatoms. The van der Waals surface area contributed by atoms with Gasteiger partial charge >= 0.3 is 18.4 Å². The van der Waals surface area contributed by atoms with Crippen molar-refractivity contribution in [1.29, 1.82) is 0 Å². The number of hydrogen-bond acceptors (Lipinski definition) is 7. The molecule has 230 valence electrons. The molecule has 1 unspecified atom stereocenters. The number of ether oxygens (including phenoxy) is 3. The second-order valence-corrected chi connectivity index (χ2v) is 9.71. The number of urea groups is 1. The van der Waals surface area contributed by atoms with Crippen LogP contribution in [0.5, 0.6) is 11.6 Å². The maximum Gasteiger partial charge on any atom is 0.414 e. The summed E-state index contributed by atoms with van der Waals surface area (Å²) in [6.07, 6.45) is -5.78. The minimum atomic E-state index is -5.10. The molecule has 1 aliphatic heterocycles. The van der Waals surface area contributed by atoms with Crippen molar-refractivity contribution in [3.63, 3.8) is 0 Å². The van der Waals surface area contributed by atoms with Gasteiger partial charge in [-0.1, -0.05) is 0 Å². The first-order chi connectivity index (χ1) is 19.8. The van der Waals surface area contributed by atoms with Gasteiger partial charge in [0.15, 0.2) is 6.04 Å². The highest BCUT2D eigenvalue weighted by Gasteiger charge is 2.50. The number of alkyl halides is 6. The van der Waals surface area contributed by atoms with Crippen LogP contribution in [0.15, 0.2) is 24.7 Å². The van der Waals surface area contributed by atoms with Crippen LogP contribution in [0.2, 0.25) is 0 Å². The van der Waals surface area contributed by atoms with Crippen LogP contribution in [0.3, 0.4) is 0 Å². The summed E-state index contributed by atoms with van der Waals surface area (Å²) in [5, 5.41) is 1.82. The zero-order chi connectivity index (χ0) is 30.8. The number of fused-ring (bicyclic) bond motifs is 1. The molecule has 0 bridgehead atoms. The average Bonchev–Trinajstić information content (AvgIpc) is 3.32. The van der Waals surface area contributed by atoms with Crippen LogP contribution in [-0.2, 0) is 4.74 Å². The van der Waals surface area contributed by atoms with E-state index in [9.17, 15) is 31.1 Å². The Labute approximate surface area is 237 Å². The quantitative estimate of drug-likeness (QED) is 0.357. The monoisotopic (exact) mass is 604 g/mol. The maximum atomic E-state index is 14.6.